The number of esters is 1. The topological polar surface area (TPSA) is 124 Å². The molecule has 0 heterocycles. The highest BCUT2D eigenvalue weighted by Crippen LogP contribution is 2.16. The average molecular weight is 293 g/mol. The number of benzene rings is 1. The SMILES string of the molecule is CC(=O)OCC(=O)C(=Cc1cccc([N+](=O)[O-])c1)C(=O)O. The van der Waals surface area contributed by atoms with E-state index in [-0.39, 0.29) is 11.3 Å². The molecule has 0 aliphatic carbocycles. The first kappa shape index (κ1) is 16.0. The molecule has 1 N–H and O–H groups in total. The third kappa shape index (κ3) is 4.86. The highest BCUT2D eigenvalue weighted by atomic mass is 16.6. The number of aliphatic carboxylic acids is 1. The van der Waals surface area contributed by atoms with Gasteiger partial charge in [0.15, 0.2) is 6.61 Å². The van der Waals surface area contributed by atoms with Crippen LogP contribution in [0, 0.1) is 10.1 Å². The van der Waals surface area contributed by atoms with Gasteiger partial charge in [-0.1, -0.05) is 12.1 Å². The molecule has 8 nitrogen and oxygen atoms in total. The van der Waals surface area contributed by atoms with Crippen LogP contribution >= 0.6 is 0 Å². The number of carboxylic acids is 1. The Kier molecular flexibility index (Phi) is 5.30. The summed E-state index contributed by atoms with van der Waals surface area (Å²) in [6.07, 6.45) is 0.987. The van der Waals surface area contributed by atoms with Crippen molar-refractivity contribution in [1.29, 1.82) is 0 Å². The van der Waals surface area contributed by atoms with Crippen LogP contribution < -0.4 is 0 Å². The highest BCUT2D eigenvalue weighted by Gasteiger charge is 2.19. The normalized spacial score (nSPS) is 10.8. The van der Waals surface area contributed by atoms with E-state index < -0.39 is 34.8 Å². The van der Waals surface area contributed by atoms with Crippen LogP contribution in [-0.4, -0.2) is 34.4 Å². The molecule has 0 saturated carbocycles. The number of ether oxygens (including phenoxy) is 1. The molecule has 0 radical (unpaired) electrons. The van der Waals surface area contributed by atoms with Gasteiger partial charge in [0.25, 0.3) is 5.69 Å². The molecule has 21 heavy (non-hydrogen) atoms. The van der Waals surface area contributed by atoms with Gasteiger partial charge in [-0.25, -0.2) is 4.79 Å². The molecular weight excluding hydrogens is 282 g/mol. The number of nitro benzene ring substituents is 1. The van der Waals surface area contributed by atoms with Gasteiger partial charge >= 0.3 is 11.9 Å². The monoisotopic (exact) mass is 293 g/mol. The second-order valence-corrected chi connectivity index (χ2v) is 3.92. The molecule has 0 amide bonds. The summed E-state index contributed by atoms with van der Waals surface area (Å²) in [5, 5.41) is 19.6. The maximum Gasteiger partial charge on any atom is 0.339 e. The van der Waals surface area contributed by atoms with Crippen LogP contribution in [0.25, 0.3) is 6.08 Å². The van der Waals surface area contributed by atoms with Gasteiger partial charge in [0.2, 0.25) is 5.78 Å². The molecule has 0 spiro atoms. The van der Waals surface area contributed by atoms with Gasteiger partial charge in [0.1, 0.15) is 5.57 Å². The molecule has 0 fully saturated rings. The zero-order valence-corrected chi connectivity index (χ0v) is 10.9. The van der Waals surface area contributed by atoms with E-state index in [4.69, 9.17) is 5.11 Å². The van der Waals surface area contributed by atoms with Crippen molar-refractivity contribution in [3.05, 3.63) is 45.5 Å². The van der Waals surface area contributed by atoms with Crippen molar-refractivity contribution in [1.82, 2.24) is 0 Å². The molecule has 0 unspecified atom stereocenters. The van der Waals surface area contributed by atoms with Gasteiger partial charge in [-0.15, -0.1) is 0 Å². The maximum absolute atomic E-state index is 11.7. The standard InChI is InChI=1S/C13H11NO7/c1-8(15)21-7-12(16)11(13(17)18)6-9-3-2-4-10(5-9)14(19)20/h2-6H,7H2,1H3,(H,17,18). The average Bonchev–Trinajstić information content (AvgIpc) is 2.42. The zero-order chi connectivity index (χ0) is 16.0. The van der Waals surface area contributed by atoms with E-state index in [0.717, 1.165) is 19.1 Å². The number of nitro groups is 1. The van der Waals surface area contributed by atoms with Crippen LogP contribution in [0.2, 0.25) is 0 Å². The summed E-state index contributed by atoms with van der Waals surface area (Å²) in [5.41, 5.74) is -0.685. The number of carboxylic acid groups (broad SMARTS) is 1. The lowest BCUT2D eigenvalue weighted by Crippen LogP contribution is -2.19. The summed E-state index contributed by atoms with van der Waals surface area (Å²) >= 11 is 0. The van der Waals surface area contributed by atoms with Crippen molar-refractivity contribution in [3.63, 3.8) is 0 Å². The van der Waals surface area contributed by atoms with Gasteiger partial charge < -0.3 is 9.84 Å². The molecule has 1 rings (SSSR count). The fraction of sp³-hybridized carbons (Fsp3) is 0.154. The van der Waals surface area contributed by atoms with Crippen LogP contribution in [-0.2, 0) is 19.1 Å². The predicted molar refractivity (Wildman–Crippen MR) is 70.3 cm³/mol. The number of rotatable bonds is 6. The Morgan fingerprint density at radius 3 is 2.57 bits per heavy atom. The van der Waals surface area contributed by atoms with E-state index in [1.54, 1.807) is 0 Å². The van der Waals surface area contributed by atoms with E-state index in [0.29, 0.717) is 0 Å². The first-order valence-corrected chi connectivity index (χ1v) is 5.67. The quantitative estimate of drug-likeness (QED) is 0.208. The number of non-ortho nitro benzene ring substituents is 1. The second kappa shape index (κ2) is 6.94. The summed E-state index contributed by atoms with van der Waals surface area (Å²) in [4.78, 5) is 43.3. The Balaban J connectivity index is 3.07. The molecule has 0 aromatic heterocycles. The van der Waals surface area contributed by atoms with Crippen molar-refractivity contribution in [2.45, 2.75) is 6.92 Å². The molecule has 0 saturated heterocycles. The molecule has 1 aromatic carbocycles. The smallest absolute Gasteiger partial charge is 0.339 e. The summed E-state index contributed by atoms with van der Waals surface area (Å²) in [7, 11) is 0. The van der Waals surface area contributed by atoms with E-state index in [9.17, 15) is 24.5 Å². The van der Waals surface area contributed by atoms with Crippen LogP contribution in [0.5, 0.6) is 0 Å². The number of hydrogen-bond donors (Lipinski definition) is 1. The lowest BCUT2D eigenvalue weighted by atomic mass is 10.1. The van der Waals surface area contributed by atoms with Gasteiger partial charge in [0.05, 0.1) is 4.92 Å². The van der Waals surface area contributed by atoms with Gasteiger partial charge in [-0.2, -0.15) is 0 Å². The number of ketones is 1. The minimum atomic E-state index is -1.52. The lowest BCUT2D eigenvalue weighted by Gasteiger charge is -2.03. The molecule has 110 valence electrons. The van der Waals surface area contributed by atoms with Gasteiger partial charge in [-0.05, 0) is 11.6 Å². The Labute approximate surface area is 118 Å². The molecule has 0 aliphatic heterocycles. The molecule has 1 aromatic rings. The minimum Gasteiger partial charge on any atom is -0.478 e. The number of Topliss-reactive ketones (excluding diaryl/α,β-unsaturated/α-hetero) is 1. The van der Waals surface area contributed by atoms with Crippen molar-refractivity contribution in [2.75, 3.05) is 6.61 Å². The number of carbonyl (C=O) groups excluding carboxylic acids is 2. The Morgan fingerprint density at radius 2 is 2.05 bits per heavy atom. The van der Waals surface area contributed by atoms with Crippen molar-refractivity contribution < 1.29 is 29.2 Å². The van der Waals surface area contributed by atoms with E-state index in [1.807, 2.05) is 0 Å². The van der Waals surface area contributed by atoms with Crippen LogP contribution in [0.15, 0.2) is 29.8 Å². The van der Waals surface area contributed by atoms with Crippen LogP contribution in [0.1, 0.15) is 12.5 Å². The maximum atomic E-state index is 11.7. The van der Waals surface area contributed by atoms with E-state index in [2.05, 4.69) is 4.74 Å². The highest BCUT2D eigenvalue weighted by molar-refractivity contribution is 6.20. The zero-order valence-electron chi connectivity index (χ0n) is 10.9. The minimum absolute atomic E-state index is 0.178. The number of carbonyl (C=O) groups is 3. The van der Waals surface area contributed by atoms with Crippen LogP contribution in [0.3, 0.4) is 0 Å². The molecule has 8 heteroatoms. The lowest BCUT2D eigenvalue weighted by molar-refractivity contribution is -0.384. The number of hydrogen-bond acceptors (Lipinski definition) is 6. The van der Waals surface area contributed by atoms with Crippen molar-refractivity contribution >= 4 is 29.5 Å². The molecule has 0 atom stereocenters. The Morgan fingerprint density at radius 1 is 1.38 bits per heavy atom. The number of nitrogens with zero attached hydrogens (tertiary/aromatic N) is 1. The van der Waals surface area contributed by atoms with Crippen LogP contribution in [0.4, 0.5) is 5.69 Å². The fourth-order valence-corrected chi connectivity index (χ4v) is 1.40. The van der Waals surface area contributed by atoms with E-state index in [1.165, 1.54) is 18.2 Å². The summed E-state index contributed by atoms with van der Waals surface area (Å²) < 4.78 is 4.43. The van der Waals surface area contributed by atoms with Crippen molar-refractivity contribution in [3.8, 4) is 0 Å². The Hall–Kier alpha value is -3.03. The molecular formula is C13H11NO7. The largest absolute Gasteiger partial charge is 0.478 e. The molecule has 0 aliphatic rings. The molecule has 0 bridgehead atoms. The third-order valence-electron chi connectivity index (χ3n) is 2.33. The fourth-order valence-electron chi connectivity index (χ4n) is 1.40. The Bertz CT molecular complexity index is 633. The van der Waals surface area contributed by atoms with E-state index >= 15 is 0 Å². The van der Waals surface area contributed by atoms with Gasteiger partial charge in [-0.3, -0.25) is 19.7 Å². The summed E-state index contributed by atoms with van der Waals surface area (Å²) in [6, 6.07) is 5.13. The second-order valence-electron chi connectivity index (χ2n) is 3.92. The van der Waals surface area contributed by atoms with Crippen molar-refractivity contribution in [2.24, 2.45) is 0 Å². The first-order valence-electron chi connectivity index (χ1n) is 5.67. The first-order chi connectivity index (χ1) is 9.81. The third-order valence-corrected chi connectivity index (χ3v) is 2.33. The van der Waals surface area contributed by atoms with Gasteiger partial charge in [0, 0.05) is 19.1 Å². The summed E-state index contributed by atoms with van der Waals surface area (Å²) in [6.45, 7) is 0.375. The predicted octanol–water partition coefficient (Wildman–Crippen LogP) is 1.20. The summed E-state index contributed by atoms with van der Waals surface area (Å²) in [5.74, 6) is -3.15.